The van der Waals surface area contributed by atoms with E-state index in [1.165, 1.54) is 0 Å². The Morgan fingerprint density at radius 1 is 1.18 bits per heavy atom. The fraction of sp³-hybridized carbons (Fsp3) is 0.421. The maximum atomic E-state index is 12.8. The second-order valence-corrected chi connectivity index (χ2v) is 10.7. The van der Waals surface area contributed by atoms with Crippen LogP contribution in [0.4, 0.5) is 11.4 Å². The third-order valence-electron chi connectivity index (χ3n) is 4.60. The number of hydrogen-bond acceptors (Lipinski definition) is 5. The zero-order valence-corrected chi connectivity index (χ0v) is 18.3. The monoisotopic (exact) mass is 441 g/mol. The van der Waals surface area contributed by atoms with E-state index in [4.69, 9.17) is 11.6 Å². The van der Waals surface area contributed by atoms with Crippen LogP contribution in [0, 0.1) is 0 Å². The number of carbonyl (C=O) groups excluding carboxylic acids is 1. The number of nitrogens with one attached hydrogen (secondary N) is 1. The number of sulfonamides is 1. The zero-order valence-electron chi connectivity index (χ0n) is 15.9. The van der Waals surface area contributed by atoms with E-state index in [-0.39, 0.29) is 12.3 Å². The second kappa shape index (κ2) is 8.82. The van der Waals surface area contributed by atoms with Gasteiger partial charge in [0.2, 0.25) is 5.91 Å². The lowest BCUT2D eigenvalue weighted by Crippen LogP contribution is -2.35. The quantitative estimate of drug-likeness (QED) is 0.739. The van der Waals surface area contributed by atoms with Gasteiger partial charge in [-0.15, -0.1) is 11.3 Å². The largest absolute Gasteiger partial charge is 0.376 e. The lowest BCUT2D eigenvalue weighted by Gasteiger charge is -2.25. The number of rotatable bonds is 6. The number of amides is 1. The second-order valence-electron chi connectivity index (χ2n) is 6.97. The van der Waals surface area contributed by atoms with Gasteiger partial charge in [-0.3, -0.25) is 4.79 Å². The Morgan fingerprint density at radius 2 is 1.89 bits per heavy atom. The molecule has 0 bridgehead atoms. The molecule has 1 aliphatic heterocycles. The van der Waals surface area contributed by atoms with Gasteiger partial charge in [-0.1, -0.05) is 18.0 Å². The fourth-order valence-electron chi connectivity index (χ4n) is 3.18. The molecule has 0 aliphatic carbocycles. The molecule has 0 spiro atoms. The van der Waals surface area contributed by atoms with Gasteiger partial charge in [0, 0.05) is 37.1 Å². The van der Waals surface area contributed by atoms with Gasteiger partial charge in [0.25, 0.3) is 10.0 Å². The molecule has 28 heavy (non-hydrogen) atoms. The van der Waals surface area contributed by atoms with Crippen LogP contribution in [0.1, 0.15) is 24.1 Å². The molecule has 1 fully saturated rings. The van der Waals surface area contributed by atoms with Crippen molar-refractivity contribution in [3.8, 4) is 0 Å². The molecule has 152 valence electrons. The van der Waals surface area contributed by atoms with Crippen LogP contribution in [0.25, 0.3) is 0 Å². The summed E-state index contributed by atoms with van der Waals surface area (Å²) in [5, 5.41) is 3.41. The highest BCUT2D eigenvalue weighted by Gasteiger charge is 2.27. The van der Waals surface area contributed by atoms with Gasteiger partial charge in [-0.2, -0.15) is 4.31 Å². The molecule has 1 amide bonds. The highest BCUT2D eigenvalue weighted by molar-refractivity contribution is 7.91. The van der Waals surface area contributed by atoms with E-state index in [9.17, 15) is 13.2 Å². The molecule has 0 saturated carbocycles. The predicted molar refractivity (Wildman–Crippen MR) is 115 cm³/mol. The van der Waals surface area contributed by atoms with Gasteiger partial charge in [0.15, 0.2) is 0 Å². The van der Waals surface area contributed by atoms with Crippen LogP contribution >= 0.6 is 22.9 Å². The van der Waals surface area contributed by atoms with Gasteiger partial charge in [-0.25, -0.2) is 8.42 Å². The molecular formula is C19H24ClN3O3S2. The van der Waals surface area contributed by atoms with Crippen molar-refractivity contribution in [1.29, 1.82) is 0 Å². The van der Waals surface area contributed by atoms with Crippen LogP contribution in [0.3, 0.4) is 0 Å². The number of hydrogen-bond donors (Lipinski definition) is 1. The molecule has 1 aromatic carbocycles. The summed E-state index contributed by atoms with van der Waals surface area (Å²) >= 11 is 7.21. The molecule has 0 atom stereocenters. The number of carbonyl (C=O) groups is 1. The summed E-state index contributed by atoms with van der Waals surface area (Å²) in [6, 6.07) is 8.62. The Balaban J connectivity index is 1.70. The number of halogens is 1. The predicted octanol–water partition coefficient (Wildman–Crippen LogP) is 3.82. The van der Waals surface area contributed by atoms with E-state index >= 15 is 0 Å². The van der Waals surface area contributed by atoms with Gasteiger partial charge in [-0.05, 0) is 43.2 Å². The molecular weight excluding hydrogens is 418 g/mol. The van der Waals surface area contributed by atoms with Gasteiger partial charge < -0.3 is 10.2 Å². The normalized spacial score (nSPS) is 15.4. The summed E-state index contributed by atoms with van der Waals surface area (Å²) in [5.41, 5.74) is 1.47. The lowest BCUT2D eigenvalue weighted by atomic mass is 10.2. The average Bonchev–Trinajstić information content (AvgIpc) is 3.11. The molecule has 1 saturated heterocycles. The summed E-state index contributed by atoms with van der Waals surface area (Å²) in [6.07, 6.45) is 2.97. The smallest absolute Gasteiger partial charge is 0.252 e. The SMILES string of the molecule is CN(C)c1ccc(Cl)cc1NC(=O)Cc1ccc(S(=O)(=O)N2CCCCC2)s1. The van der Waals surface area contributed by atoms with E-state index in [0.29, 0.717) is 32.9 Å². The van der Waals surface area contributed by atoms with Crippen LogP contribution in [0.2, 0.25) is 5.02 Å². The van der Waals surface area contributed by atoms with E-state index in [1.54, 1.807) is 28.6 Å². The molecule has 0 unspecified atom stereocenters. The van der Waals surface area contributed by atoms with Crippen molar-refractivity contribution in [3.63, 3.8) is 0 Å². The first-order valence-corrected chi connectivity index (χ1v) is 11.8. The van der Waals surface area contributed by atoms with Crippen LogP contribution in [-0.4, -0.2) is 45.8 Å². The third-order valence-corrected chi connectivity index (χ3v) is 8.28. The van der Waals surface area contributed by atoms with E-state index < -0.39 is 10.0 Å². The number of nitrogens with zero attached hydrogens (tertiary/aromatic N) is 2. The van der Waals surface area contributed by atoms with E-state index in [0.717, 1.165) is 36.3 Å². The Labute approximate surface area is 175 Å². The van der Waals surface area contributed by atoms with Crippen molar-refractivity contribution < 1.29 is 13.2 Å². The number of thiophene rings is 1. The Hall–Kier alpha value is -1.61. The van der Waals surface area contributed by atoms with Crippen molar-refractivity contribution >= 4 is 50.2 Å². The minimum absolute atomic E-state index is 0.111. The Kier molecular flexibility index (Phi) is 6.65. The van der Waals surface area contributed by atoms with Gasteiger partial charge in [0.1, 0.15) is 4.21 Å². The number of anilines is 2. The van der Waals surface area contributed by atoms with Crippen molar-refractivity contribution in [3.05, 3.63) is 40.2 Å². The van der Waals surface area contributed by atoms with Crippen LogP contribution in [0.15, 0.2) is 34.5 Å². The average molecular weight is 442 g/mol. The molecule has 1 aliphatic rings. The van der Waals surface area contributed by atoms with Gasteiger partial charge in [0.05, 0.1) is 17.8 Å². The van der Waals surface area contributed by atoms with E-state index in [1.807, 2.05) is 25.1 Å². The van der Waals surface area contributed by atoms with Crippen molar-refractivity contribution in [2.45, 2.75) is 29.9 Å². The summed E-state index contributed by atoms with van der Waals surface area (Å²) in [5.74, 6) is -0.214. The molecule has 2 heterocycles. The highest BCUT2D eigenvalue weighted by atomic mass is 35.5. The molecule has 2 aromatic rings. The third kappa shape index (κ3) is 4.86. The maximum Gasteiger partial charge on any atom is 0.252 e. The topological polar surface area (TPSA) is 69.7 Å². The zero-order chi connectivity index (χ0) is 20.3. The molecule has 9 heteroatoms. The first-order valence-electron chi connectivity index (χ1n) is 9.13. The van der Waals surface area contributed by atoms with Gasteiger partial charge >= 0.3 is 0 Å². The Bertz CT molecular complexity index is 951. The lowest BCUT2D eigenvalue weighted by molar-refractivity contribution is -0.115. The Morgan fingerprint density at radius 3 is 2.57 bits per heavy atom. The highest BCUT2D eigenvalue weighted by Crippen LogP contribution is 2.30. The van der Waals surface area contributed by atoms with Crippen LogP contribution in [0.5, 0.6) is 0 Å². The summed E-state index contributed by atoms with van der Waals surface area (Å²) in [7, 11) is 0.306. The van der Waals surface area contributed by atoms with Crippen molar-refractivity contribution in [2.75, 3.05) is 37.4 Å². The minimum atomic E-state index is -3.46. The summed E-state index contributed by atoms with van der Waals surface area (Å²) < 4.78 is 27.3. The van der Waals surface area contributed by atoms with Crippen LogP contribution in [-0.2, 0) is 21.2 Å². The first kappa shape index (κ1) is 21.1. The fourth-order valence-corrected chi connectivity index (χ4v) is 6.37. The molecule has 6 nitrogen and oxygen atoms in total. The number of piperidine rings is 1. The standard InChI is InChI=1S/C19H24ClN3O3S2/c1-22(2)17-8-6-14(20)12-16(17)21-18(24)13-15-7-9-19(27-15)28(25,26)23-10-4-3-5-11-23/h6-9,12H,3-5,10-11,13H2,1-2H3,(H,21,24). The molecule has 1 N–H and O–H groups in total. The maximum absolute atomic E-state index is 12.8. The minimum Gasteiger partial charge on any atom is -0.376 e. The van der Waals surface area contributed by atoms with Crippen molar-refractivity contribution in [1.82, 2.24) is 4.31 Å². The summed E-state index contributed by atoms with van der Waals surface area (Å²) in [4.78, 5) is 15.1. The molecule has 3 rings (SSSR count). The molecule has 0 radical (unpaired) electrons. The van der Waals surface area contributed by atoms with Crippen molar-refractivity contribution in [2.24, 2.45) is 0 Å². The molecule has 1 aromatic heterocycles. The van der Waals surface area contributed by atoms with Crippen LogP contribution < -0.4 is 10.2 Å². The van der Waals surface area contributed by atoms with E-state index in [2.05, 4.69) is 5.32 Å². The summed E-state index contributed by atoms with van der Waals surface area (Å²) in [6.45, 7) is 1.14. The number of benzene rings is 1. The first-order chi connectivity index (χ1) is 13.3.